The zero-order valence-corrected chi connectivity index (χ0v) is 9.06. The van der Waals surface area contributed by atoms with Crippen LogP contribution >= 0.6 is 0 Å². The van der Waals surface area contributed by atoms with Crippen LogP contribution in [0, 0.1) is 11.3 Å². The van der Waals surface area contributed by atoms with Crippen LogP contribution in [0.5, 0.6) is 0 Å². The lowest BCUT2D eigenvalue weighted by Gasteiger charge is -2.27. The molecule has 0 rings (SSSR count). The summed E-state index contributed by atoms with van der Waals surface area (Å²) in [5.41, 5.74) is 0.462. The van der Waals surface area contributed by atoms with Crippen LogP contribution in [-0.4, -0.2) is 11.7 Å². The molecule has 1 N–H and O–H groups in total. The molecule has 0 bridgehead atoms. The van der Waals surface area contributed by atoms with Crippen LogP contribution in [0.1, 0.15) is 53.4 Å². The second kappa shape index (κ2) is 5.58. The highest BCUT2D eigenvalue weighted by molar-refractivity contribution is 4.70. The molecule has 0 radical (unpaired) electrons. The third-order valence-electron chi connectivity index (χ3n) is 2.45. The Morgan fingerprint density at radius 2 is 1.92 bits per heavy atom. The Labute approximate surface area is 77.2 Å². The van der Waals surface area contributed by atoms with E-state index in [1.165, 1.54) is 19.3 Å². The normalized spacial score (nSPS) is 14.8. The van der Waals surface area contributed by atoms with E-state index in [0.29, 0.717) is 17.9 Å². The first-order valence-electron chi connectivity index (χ1n) is 5.12. The van der Waals surface area contributed by atoms with E-state index in [-0.39, 0.29) is 0 Å². The molecule has 0 aliphatic heterocycles. The van der Waals surface area contributed by atoms with Crippen LogP contribution in [0.25, 0.3) is 0 Å². The molecule has 74 valence electrons. The average Bonchev–Trinajstić information content (AvgIpc) is 1.85. The second-order valence-corrected chi connectivity index (χ2v) is 4.74. The second-order valence-electron chi connectivity index (χ2n) is 4.74. The summed E-state index contributed by atoms with van der Waals surface area (Å²) in [6.07, 6.45) is 4.75. The van der Waals surface area contributed by atoms with Gasteiger partial charge in [0.25, 0.3) is 0 Å². The molecule has 1 unspecified atom stereocenters. The molecule has 0 aromatic carbocycles. The highest BCUT2D eigenvalue weighted by atomic mass is 16.3. The van der Waals surface area contributed by atoms with Gasteiger partial charge in [0.2, 0.25) is 0 Å². The van der Waals surface area contributed by atoms with Crippen molar-refractivity contribution in [2.24, 2.45) is 11.3 Å². The molecule has 0 heterocycles. The number of aliphatic hydroxyl groups is 1. The molecule has 1 heteroatoms. The summed E-state index contributed by atoms with van der Waals surface area (Å²) in [6, 6.07) is 0. The molecule has 0 aliphatic carbocycles. The Bertz CT molecular complexity index is 108. The first-order valence-corrected chi connectivity index (χ1v) is 5.12. The topological polar surface area (TPSA) is 20.2 Å². The lowest BCUT2D eigenvalue weighted by atomic mass is 9.79. The Morgan fingerprint density at radius 3 is 2.33 bits per heavy atom. The van der Waals surface area contributed by atoms with E-state index in [2.05, 4.69) is 27.7 Å². The smallest absolute Gasteiger partial charge is 0.0433 e. The van der Waals surface area contributed by atoms with Gasteiger partial charge in [0.05, 0.1) is 0 Å². The fourth-order valence-corrected chi connectivity index (χ4v) is 2.04. The van der Waals surface area contributed by atoms with Crippen LogP contribution in [0.3, 0.4) is 0 Å². The zero-order chi connectivity index (χ0) is 9.61. The first-order chi connectivity index (χ1) is 5.52. The fourth-order valence-electron chi connectivity index (χ4n) is 2.04. The maximum Gasteiger partial charge on any atom is 0.0433 e. The van der Waals surface area contributed by atoms with Gasteiger partial charge in [0.1, 0.15) is 0 Å². The lowest BCUT2D eigenvalue weighted by molar-refractivity contribution is 0.207. The summed E-state index contributed by atoms with van der Waals surface area (Å²) < 4.78 is 0. The van der Waals surface area contributed by atoms with Gasteiger partial charge in [-0.15, -0.1) is 0 Å². The van der Waals surface area contributed by atoms with Crippen molar-refractivity contribution in [2.75, 3.05) is 6.61 Å². The Kier molecular flexibility index (Phi) is 5.56. The monoisotopic (exact) mass is 172 g/mol. The first kappa shape index (κ1) is 12.0. The maximum absolute atomic E-state index is 8.76. The van der Waals surface area contributed by atoms with Crippen molar-refractivity contribution < 1.29 is 5.11 Å². The van der Waals surface area contributed by atoms with Gasteiger partial charge >= 0.3 is 0 Å². The molecule has 0 aromatic rings. The van der Waals surface area contributed by atoms with E-state index in [0.717, 1.165) is 6.42 Å². The van der Waals surface area contributed by atoms with Gasteiger partial charge in [0, 0.05) is 6.61 Å². The summed E-state index contributed by atoms with van der Waals surface area (Å²) in [7, 11) is 0. The van der Waals surface area contributed by atoms with Gasteiger partial charge in [-0.25, -0.2) is 0 Å². The van der Waals surface area contributed by atoms with E-state index in [4.69, 9.17) is 5.11 Å². The quantitative estimate of drug-likeness (QED) is 0.652. The summed E-state index contributed by atoms with van der Waals surface area (Å²) in [5.74, 6) is 0.663. The van der Waals surface area contributed by atoms with Crippen molar-refractivity contribution in [1.82, 2.24) is 0 Å². The molecule has 0 aliphatic rings. The van der Waals surface area contributed by atoms with Crippen molar-refractivity contribution in [3.8, 4) is 0 Å². The van der Waals surface area contributed by atoms with Crippen LogP contribution < -0.4 is 0 Å². The largest absolute Gasteiger partial charge is 0.396 e. The molecule has 0 saturated carbocycles. The Hall–Kier alpha value is -0.0400. The van der Waals surface area contributed by atoms with Crippen molar-refractivity contribution in [3.63, 3.8) is 0 Å². The lowest BCUT2D eigenvalue weighted by Crippen LogP contribution is -2.16. The molecule has 12 heavy (non-hydrogen) atoms. The van der Waals surface area contributed by atoms with Gasteiger partial charge in [-0.05, 0) is 30.6 Å². The molecular formula is C11H24O. The third-order valence-corrected chi connectivity index (χ3v) is 2.45. The molecule has 0 aromatic heterocycles. The van der Waals surface area contributed by atoms with E-state index >= 15 is 0 Å². The fraction of sp³-hybridized carbons (Fsp3) is 1.00. The minimum absolute atomic E-state index is 0.337. The van der Waals surface area contributed by atoms with Gasteiger partial charge < -0.3 is 5.11 Å². The van der Waals surface area contributed by atoms with Crippen molar-refractivity contribution in [2.45, 2.75) is 53.4 Å². The number of hydrogen-bond acceptors (Lipinski definition) is 1. The summed E-state index contributed by atoms with van der Waals surface area (Å²) in [6.45, 7) is 9.45. The third kappa shape index (κ3) is 5.59. The van der Waals surface area contributed by atoms with Crippen LogP contribution in [0.2, 0.25) is 0 Å². The van der Waals surface area contributed by atoms with E-state index < -0.39 is 0 Å². The van der Waals surface area contributed by atoms with E-state index in [9.17, 15) is 0 Å². The molecule has 1 nitrogen and oxygen atoms in total. The molecule has 0 spiro atoms. The maximum atomic E-state index is 8.76. The van der Waals surface area contributed by atoms with E-state index in [1.54, 1.807) is 0 Å². The number of hydrogen-bond donors (Lipinski definition) is 1. The highest BCUT2D eigenvalue weighted by Gasteiger charge is 2.19. The van der Waals surface area contributed by atoms with Crippen LogP contribution in [0.4, 0.5) is 0 Å². The predicted octanol–water partition coefficient (Wildman–Crippen LogP) is 3.22. The summed E-state index contributed by atoms with van der Waals surface area (Å²) in [4.78, 5) is 0. The molecular weight excluding hydrogens is 148 g/mol. The van der Waals surface area contributed by atoms with E-state index in [1.807, 2.05) is 0 Å². The summed E-state index contributed by atoms with van der Waals surface area (Å²) >= 11 is 0. The molecule has 0 saturated heterocycles. The minimum Gasteiger partial charge on any atom is -0.396 e. The highest BCUT2D eigenvalue weighted by Crippen LogP contribution is 2.31. The van der Waals surface area contributed by atoms with Gasteiger partial charge in [-0.1, -0.05) is 34.1 Å². The molecule has 1 atom stereocenters. The number of aliphatic hydroxyl groups excluding tert-OH is 1. The summed E-state index contributed by atoms with van der Waals surface area (Å²) in [5, 5.41) is 8.76. The SMILES string of the molecule is CCCC(C)(C)CC(C)CCO. The van der Waals surface area contributed by atoms with Gasteiger partial charge in [-0.3, -0.25) is 0 Å². The Morgan fingerprint density at radius 1 is 1.33 bits per heavy atom. The number of rotatable bonds is 6. The zero-order valence-electron chi connectivity index (χ0n) is 9.06. The standard InChI is InChI=1S/C11H24O/c1-5-7-11(3,4)9-10(2)6-8-12/h10,12H,5-9H2,1-4H3. The Balaban J connectivity index is 3.70. The molecule has 0 amide bonds. The van der Waals surface area contributed by atoms with Crippen molar-refractivity contribution in [1.29, 1.82) is 0 Å². The predicted molar refractivity (Wildman–Crippen MR) is 54.2 cm³/mol. The van der Waals surface area contributed by atoms with Crippen molar-refractivity contribution in [3.05, 3.63) is 0 Å². The van der Waals surface area contributed by atoms with Crippen LogP contribution in [0.15, 0.2) is 0 Å². The minimum atomic E-state index is 0.337. The molecule has 0 fully saturated rings. The van der Waals surface area contributed by atoms with Gasteiger partial charge in [-0.2, -0.15) is 0 Å². The average molecular weight is 172 g/mol. The van der Waals surface area contributed by atoms with Crippen LogP contribution in [-0.2, 0) is 0 Å². The van der Waals surface area contributed by atoms with Crippen molar-refractivity contribution >= 4 is 0 Å². The van der Waals surface area contributed by atoms with Gasteiger partial charge in [0.15, 0.2) is 0 Å².